The second-order valence-corrected chi connectivity index (χ2v) is 4.19. The number of amides is 1. The van der Waals surface area contributed by atoms with E-state index in [1.807, 2.05) is 0 Å². The largest absolute Gasteiger partial charge is 0.293 e. The predicted octanol–water partition coefficient (Wildman–Crippen LogP) is 2.34. The Morgan fingerprint density at radius 3 is 2.88 bits per heavy atom. The highest BCUT2D eigenvalue weighted by Gasteiger charge is 2.17. The SMILES string of the molecule is O=C(NOC1CCCC1)c1cccc(Cl)n1. The van der Waals surface area contributed by atoms with Gasteiger partial charge in [-0.3, -0.25) is 9.63 Å². The summed E-state index contributed by atoms with van der Waals surface area (Å²) in [5.41, 5.74) is 2.68. The van der Waals surface area contributed by atoms with E-state index in [2.05, 4.69) is 10.5 Å². The molecular formula is C11H13ClN2O2. The van der Waals surface area contributed by atoms with Crippen LogP contribution in [0, 0.1) is 0 Å². The summed E-state index contributed by atoms with van der Waals surface area (Å²) in [6.07, 6.45) is 4.47. The highest BCUT2D eigenvalue weighted by Crippen LogP contribution is 2.19. The van der Waals surface area contributed by atoms with Crippen LogP contribution in [0.3, 0.4) is 0 Å². The first-order chi connectivity index (χ1) is 7.75. The lowest BCUT2D eigenvalue weighted by Gasteiger charge is -2.10. The number of hydrogen-bond acceptors (Lipinski definition) is 3. The van der Waals surface area contributed by atoms with E-state index in [4.69, 9.17) is 16.4 Å². The molecule has 1 aliphatic rings. The number of pyridine rings is 1. The molecule has 1 aliphatic carbocycles. The molecular weight excluding hydrogens is 228 g/mol. The maximum absolute atomic E-state index is 11.6. The first-order valence-electron chi connectivity index (χ1n) is 5.34. The van der Waals surface area contributed by atoms with Crippen molar-refractivity contribution in [1.29, 1.82) is 0 Å². The summed E-state index contributed by atoms with van der Waals surface area (Å²) in [5, 5.41) is 0.300. The summed E-state index contributed by atoms with van der Waals surface area (Å²) < 4.78 is 0. The van der Waals surface area contributed by atoms with Gasteiger partial charge in [0.1, 0.15) is 10.8 Å². The molecule has 5 heteroatoms. The molecule has 0 saturated heterocycles. The van der Waals surface area contributed by atoms with Crippen LogP contribution in [-0.2, 0) is 4.84 Å². The van der Waals surface area contributed by atoms with Crippen LogP contribution in [0.15, 0.2) is 18.2 Å². The summed E-state index contributed by atoms with van der Waals surface area (Å²) in [5.74, 6) is -0.352. The van der Waals surface area contributed by atoms with Crippen LogP contribution < -0.4 is 5.48 Å². The molecule has 0 aromatic carbocycles. The molecule has 1 amide bonds. The molecule has 1 heterocycles. The maximum Gasteiger partial charge on any atom is 0.293 e. The van der Waals surface area contributed by atoms with E-state index in [1.165, 1.54) is 0 Å². The van der Waals surface area contributed by atoms with Gasteiger partial charge in [0, 0.05) is 0 Å². The topological polar surface area (TPSA) is 51.2 Å². The Kier molecular flexibility index (Phi) is 3.74. The van der Waals surface area contributed by atoms with E-state index >= 15 is 0 Å². The zero-order valence-electron chi connectivity index (χ0n) is 8.78. The molecule has 0 aliphatic heterocycles. The summed E-state index contributed by atoms with van der Waals surface area (Å²) in [4.78, 5) is 20.8. The quantitative estimate of drug-likeness (QED) is 0.652. The Morgan fingerprint density at radius 2 is 2.19 bits per heavy atom. The second kappa shape index (κ2) is 5.27. The number of hydrogen-bond donors (Lipinski definition) is 1. The molecule has 0 atom stereocenters. The van der Waals surface area contributed by atoms with Crippen LogP contribution >= 0.6 is 11.6 Å². The smallest absolute Gasteiger partial charge is 0.270 e. The van der Waals surface area contributed by atoms with Gasteiger partial charge in [0.25, 0.3) is 5.91 Å². The van der Waals surface area contributed by atoms with Crippen LogP contribution in [0.4, 0.5) is 0 Å². The fourth-order valence-electron chi connectivity index (χ4n) is 1.73. The Hall–Kier alpha value is -1.13. The van der Waals surface area contributed by atoms with Crippen LogP contribution in [0.5, 0.6) is 0 Å². The van der Waals surface area contributed by atoms with Crippen molar-refractivity contribution in [1.82, 2.24) is 10.5 Å². The Morgan fingerprint density at radius 1 is 1.44 bits per heavy atom. The Balaban J connectivity index is 1.87. The summed E-state index contributed by atoms with van der Waals surface area (Å²) in [7, 11) is 0. The van der Waals surface area contributed by atoms with E-state index in [1.54, 1.807) is 18.2 Å². The third-order valence-corrected chi connectivity index (χ3v) is 2.78. The van der Waals surface area contributed by atoms with Gasteiger partial charge in [-0.15, -0.1) is 0 Å². The third kappa shape index (κ3) is 2.93. The lowest BCUT2D eigenvalue weighted by atomic mass is 10.3. The molecule has 2 rings (SSSR count). The van der Waals surface area contributed by atoms with Crippen molar-refractivity contribution in [2.75, 3.05) is 0 Å². The Bertz CT molecular complexity index is 378. The molecule has 1 saturated carbocycles. The average Bonchev–Trinajstić information content (AvgIpc) is 2.78. The summed E-state index contributed by atoms with van der Waals surface area (Å²) in [6, 6.07) is 4.90. The molecule has 1 aromatic rings. The van der Waals surface area contributed by atoms with Crippen molar-refractivity contribution >= 4 is 17.5 Å². The van der Waals surface area contributed by atoms with E-state index in [9.17, 15) is 4.79 Å². The van der Waals surface area contributed by atoms with Gasteiger partial charge in [-0.1, -0.05) is 30.5 Å². The zero-order chi connectivity index (χ0) is 11.4. The molecule has 1 N–H and O–H groups in total. The van der Waals surface area contributed by atoms with Crippen molar-refractivity contribution in [3.8, 4) is 0 Å². The minimum atomic E-state index is -0.352. The number of nitrogens with zero attached hydrogens (tertiary/aromatic N) is 1. The molecule has 1 fully saturated rings. The van der Waals surface area contributed by atoms with Gasteiger partial charge in [0.15, 0.2) is 0 Å². The number of aromatic nitrogens is 1. The number of carbonyl (C=O) groups is 1. The highest BCUT2D eigenvalue weighted by molar-refractivity contribution is 6.29. The average molecular weight is 241 g/mol. The second-order valence-electron chi connectivity index (χ2n) is 3.80. The standard InChI is InChI=1S/C11H13ClN2O2/c12-10-7-3-6-9(13-10)11(15)14-16-8-4-1-2-5-8/h3,6-8H,1-2,4-5H2,(H,14,15). The van der Waals surface area contributed by atoms with E-state index in [0.717, 1.165) is 25.7 Å². The van der Waals surface area contributed by atoms with Gasteiger partial charge in [-0.05, 0) is 25.0 Å². The van der Waals surface area contributed by atoms with Gasteiger partial charge in [0.2, 0.25) is 0 Å². The van der Waals surface area contributed by atoms with Gasteiger partial charge in [-0.25, -0.2) is 10.5 Å². The van der Waals surface area contributed by atoms with Gasteiger partial charge >= 0.3 is 0 Å². The van der Waals surface area contributed by atoms with Crippen molar-refractivity contribution in [2.24, 2.45) is 0 Å². The number of carbonyl (C=O) groups excluding carboxylic acids is 1. The number of rotatable bonds is 3. The molecule has 0 bridgehead atoms. The number of nitrogens with one attached hydrogen (secondary N) is 1. The highest BCUT2D eigenvalue weighted by atomic mass is 35.5. The fourth-order valence-corrected chi connectivity index (χ4v) is 1.89. The van der Waals surface area contributed by atoms with Crippen LogP contribution in [-0.4, -0.2) is 17.0 Å². The first kappa shape index (κ1) is 11.4. The van der Waals surface area contributed by atoms with Crippen LogP contribution in [0.2, 0.25) is 5.15 Å². The van der Waals surface area contributed by atoms with Gasteiger partial charge < -0.3 is 0 Å². The molecule has 1 aromatic heterocycles. The van der Waals surface area contributed by atoms with E-state index in [0.29, 0.717) is 5.15 Å². The Labute approximate surface area is 98.9 Å². The third-order valence-electron chi connectivity index (χ3n) is 2.57. The number of halogens is 1. The van der Waals surface area contributed by atoms with Crippen LogP contribution in [0.1, 0.15) is 36.2 Å². The lowest BCUT2D eigenvalue weighted by Crippen LogP contribution is -2.28. The van der Waals surface area contributed by atoms with Crippen molar-refractivity contribution in [2.45, 2.75) is 31.8 Å². The summed E-state index contributed by atoms with van der Waals surface area (Å²) >= 11 is 5.68. The van der Waals surface area contributed by atoms with E-state index in [-0.39, 0.29) is 17.7 Å². The molecule has 16 heavy (non-hydrogen) atoms. The minimum Gasteiger partial charge on any atom is -0.270 e. The minimum absolute atomic E-state index is 0.142. The van der Waals surface area contributed by atoms with Gasteiger partial charge in [-0.2, -0.15) is 0 Å². The molecule has 4 nitrogen and oxygen atoms in total. The fraction of sp³-hybridized carbons (Fsp3) is 0.455. The van der Waals surface area contributed by atoms with Crippen molar-refractivity contribution in [3.63, 3.8) is 0 Å². The predicted molar refractivity (Wildman–Crippen MR) is 60.1 cm³/mol. The zero-order valence-corrected chi connectivity index (χ0v) is 9.54. The first-order valence-corrected chi connectivity index (χ1v) is 5.72. The van der Waals surface area contributed by atoms with E-state index < -0.39 is 0 Å². The molecule has 0 radical (unpaired) electrons. The summed E-state index contributed by atoms with van der Waals surface area (Å²) in [6.45, 7) is 0. The molecule has 0 spiro atoms. The van der Waals surface area contributed by atoms with Crippen molar-refractivity contribution < 1.29 is 9.63 Å². The van der Waals surface area contributed by atoms with Crippen molar-refractivity contribution in [3.05, 3.63) is 29.0 Å². The normalized spacial score (nSPS) is 16.3. The van der Waals surface area contributed by atoms with Gasteiger partial charge in [0.05, 0.1) is 6.10 Å². The number of hydroxylamine groups is 1. The molecule has 86 valence electrons. The maximum atomic E-state index is 11.6. The van der Waals surface area contributed by atoms with Crippen LogP contribution in [0.25, 0.3) is 0 Å². The molecule has 0 unspecified atom stereocenters. The monoisotopic (exact) mass is 240 g/mol. The lowest BCUT2D eigenvalue weighted by molar-refractivity contribution is -0.0127.